The van der Waals surface area contributed by atoms with Crippen LogP contribution in [0.1, 0.15) is 36.6 Å². The Balaban J connectivity index is 1.49. The number of hydrogen-bond donors (Lipinski definition) is 3. The minimum atomic E-state index is -4.19. The van der Waals surface area contributed by atoms with Gasteiger partial charge in [-0.25, -0.2) is 0 Å². The normalized spacial score (nSPS) is 17.1. The number of carbonyl (C=O) groups excluding carboxylic acids is 2. The van der Waals surface area contributed by atoms with Crippen molar-refractivity contribution in [1.82, 2.24) is 15.2 Å². The second-order valence-electron chi connectivity index (χ2n) is 8.94. The molecule has 2 atom stereocenters. The molecular weight excluding hydrogens is 497 g/mol. The summed E-state index contributed by atoms with van der Waals surface area (Å²) >= 11 is 0.893. The van der Waals surface area contributed by atoms with Crippen molar-refractivity contribution in [2.45, 2.75) is 37.8 Å². The number of amides is 2. The third-order valence-corrected chi connectivity index (χ3v) is 8.75. The summed E-state index contributed by atoms with van der Waals surface area (Å²) in [6.07, 6.45) is 4.41. The molecule has 0 spiro atoms. The van der Waals surface area contributed by atoms with Gasteiger partial charge in [-0.3, -0.25) is 19.1 Å². The maximum absolute atomic E-state index is 13.5. The highest BCUT2D eigenvalue weighted by molar-refractivity contribution is 8.04. The Bertz CT molecular complexity index is 1250. The number of rotatable bonds is 9. The van der Waals surface area contributed by atoms with Crippen LogP contribution in [0.2, 0.25) is 0 Å². The first-order valence-corrected chi connectivity index (χ1v) is 14.9. The SMILES string of the molecule is O=C(N[C@@H](Cc1ccc2ccccc2c1)c1ccccn1)[C@@H]1CCCCN1C(=O)CSCP(=O)(O)O. The highest BCUT2D eigenvalue weighted by atomic mass is 32.2. The zero-order valence-corrected chi connectivity index (χ0v) is 21.5. The lowest BCUT2D eigenvalue weighted by molar-refractivity contribution is -0.140. The quantitative estimate of drug-likeness (QED) is 0.361. The number of thioether (sulfide) groups is 1. The maximum atomic E-state index is 13.5. The molecule has 2 amide bonds. The summed E-state index contributed by atoms with van der Waals surface area (Å²) < 4.78 is 11.1. The van der Waals surface area contributed by atoms with Crippen molar-refractivity contribution in [3.8, 4) is 0 Å². The second kappa shape index (κ2) is 12.0. The van der Waals surface area contributed by atoms with Crippen LogP contribution in [0.25, 0.3) is 10.8 Å². The molecule has 1 saturated heterocycles. The lowest BCUT2D eigenvalue weighted by atomic mass is 9.97. The predicted octanol–water partition coefficient (Wildman–Crippen LogP) is 3.88. The summed E-state index contributed by atoms with van der Waals surface area (Å²) in [4.78, 5) is 50.5. The molecule has 0 bridgehead atoms. The Morgan fingerprint density at radius 1 is 1.08 bits per heavy atom. The molecular formula is C26H30N3O5PS. The van der Waals surface area contributed by atoms with Gasteiger partial charge in [0.15, 0.2) is 0 Å². The smallest absolute Gasteiger partial charge is 0.335 e. The Labute approximate surface area is 214 Å². The molecule has 0 unspecified atom stereocenters. The summed E-state index contributed by atoms with van der Waals surface area (Å²) in [5.41, 5.74) is 1.39. The number of aromatic nitrogens is 1. The molecule has 2 heterocycles. The summed E-state index contributed by atoms with van der Waals surface area (Å²) in [5, 5.41) is 5.41. The summed E-state index contributed by atoms with van der Waals surface area (Å²) in [5.74, 6) is -0.591. The van der Waals surface area contributed by atoms with Crippen molar-refractivity contribution in [3.63, 3.8) is 0 Å². The van der Waals surface area contributed by atoms with E-state index >= 15 is 0 Å². The number of piperidine rings is 1. The number of pyridine rings is 1. The fourth-order valence-corrected chi connectivity index (χ4v) is 6.18. The first-order valence-electron chi connectivity index (χ1n) is 11.9. The van der Waals surface area contributed by atoms with E-state index in [4.69, 9.17) is 9.79 Å². The van der Waals surface area contributed by atoms with Gasteiger partial charge in [0.1, 0.15) is 6.04 Å². The van der Waals surface area contributed by atoms with E-state index in [1.54, 1.807) is 11.1 Å². The predicted molar refractivity (Wildman–Crippen MR) is 141 cm³/mol. The fraction of sp³-hybridized carbons (Fsp3) is 0.346. The van der Waals surface area contributed by atoms with Crippen molar-refractivity contribution in [2.24, 2.45) is 0 Å². The lowest BCUT2D eigenvalue weighted by Gasteiger charge is -2.35. The van der Waals surface area contributed by atoms with Crippen LogP contribution in [0.15, 0.2) is 66.9 Å². The van der Waals surface area contributed by atoms with E-state index in [-0.39, 0.29) is 23.6 Å². The molecule has 0 radical (unpaired) electrons. The van der Waals surface area contributed by atoms with Crippen LogP contribution in [0.3, 0.4) is 0 Å². The van der Waals surface area contributed by atoms with Crippen molar-refractivity contribution in [3.05, 3.63) is 78.1 Å². The monoisotopic (exact) mass is 527 g/mol. The van der Waals surface area contributed by atoms with E-state index in [0.717, 1.165) is 46.6 Å². The van der Waals surface area contributed by atoms with Gasteiger partial charge in [0.25, 0.3) is 0 Å². The number of fused-ring (bicyclic) bond motifs is 1. The number of nitrogens with one attached hydrogen (secondary N) is 1. The van der Waals surface area contributed by atoms with Gasteiger partial charge < -0.3 is 20.0 Å². The van der Waals surface area contributed by atoms with E-state index in [0.29, 0.717) is 19.4 Å². The van der Waals surface area contributed by atoms with Crippen molar-refractivity contribution in [1.29, 1.82) is 0 Å². The van der Waals surface area contributed by atoms with Gasteiger partial charge in [0.05, 0.1) is 23.0 Å². The average molecular weight is 528 g/mol. The summed E-state index contributed by atoms with van der Waals surface area (Å²) in [7, 11) is -4.19. The molecule has 190 valence electrons. The van der Waals surface area contributed by atoms with Crippen LogP contribution in [-0.4, -0.2) is 55.3 Å². The molecule has 0 saturated carbocycles. The van der Waals surface area contributed by atoms with Gasteiger partial charge in [0, 0.05) is 12.7 Å². The maximum Gasteiger partial charge on any atom is 0.335 e. The molecule has 4 rings (SSSR count). The lowest BCUT2D eigenvalue weighted by Crippen LogP contribution is -2.53. The van der Waals surface area contributed by atoms with E-state index in [9.17, 15) is 14.2 Å². The van der Waals surface area contributed by atoms with E-state index in [1.165, 1.54) is 0 Å². The highest BCUT2D eigenvalue weighted by Crippen LogP contribution is 2.38. The highest BCUT2D eigenvalue weighted by Gasteiger charge is 2.33. The standard InChI is InChI=1S/C26H30N3O5PS/c30-25(17-36-18-35(32,33)34)29-14-6-4-10-24(29)26(31)28-23(22-9-3-5-13-27-22)16-19-11-12-20-7-1-2-8-21(20)15-19/h1-3,5,7-9,11-13,15,23-24H,4,6,10,14,16-18H2,(H,28,31)(H2,32,33,34)/t23-,24-/m0/s1. The van der Waals surface area contributed by atoms with Crippen LogP contribution >= 0.6 is 19.4 Å². The van der Waals surface area contributed by atoms with Crippen molar-refractivity contribution < 1.29 is 23.9 Å². The minimum absolute atomic E-state index is 0.0738. The van der Waals surface area contributed by atoms with Gasteiger partial charge in [0.2, 0.25) is 11.8 Å². The zero-order chi connectivity index (χ0) is 25.5. The number of nitrogens with zero attached hydrogens (tertiary/aromatic N) is 2. The molecule has 36 heavy (non-hydrogen) atoms. The first kappa shape index (κ1) is 26.4. The van der Waals surface area contributed by atoms with Crippen LogP contribution in [-0.2, 0) is 20.6 Å². The molecule has 1 fully saturated rings. The van der Waals surface area contributed by atoms with Crippen molar-refractivity contribution in [2.75, 3.05) is 17.8 Å². The molecule has 3 aromatic rings. The topological polar surface area (TPSA) is 120 Å². The summed E-state index contributed by atoms with van der Waals surface area (Å²) in [6, 6.07) is 19.0. The van der Waals surface area contributed by atoms with Gasteiger partial charge in [-0.05, 0) is 54.2 Å². The summed E-state index contributed by atoms with van der Waals surface area (Å²) in [6.45, 7) is 0.451. The minimum Gasteiger partial charge on any atom is -0.346 e. The first-order chi connectivity index (χ1) is 17.3. The van der Waals surface area contributed by atoms with E-state index < -0.39 is 19.1 Å². The molecule has 2 aromatic carbocycles. The van der Waals surface area contributed by atoms with Crippen molar-refractivity contribution >= 4 is 41.9 Å². The molecule has 1 aromatic heterocycles. The average Bonchev–Trinajstić information content (AvgIpc) is 2.88. The van der Waals surface area contributed by atoms with Crippen LogP contribution in [0.4, 0.5) is 0 Å². The molecule has 0 aliphatic carbocycles. The zero-order valence-electron chi connectivity index (χ0n) is 19.8. The van der Waals surface area contributed by atoms with Gasteiger partial charge >= 0.3 is 7.60 Å². The molecule has 10 heteroatoms. The largest absolute Gasteiger partial charge is 0.346 e. The third kappa shape index (κ3) is 7.17. The number of benzene rings is 2. The molecule has 1 aliphatic rings. The van der Waals surface area contributed by atoms with Gasteiger partial charge in [-0.2, -0.15) is 0 Å². The fourth-order valence-electron chi connectivity index (χ4n) is 4.52. The molecule has 1 aliphatic heterocycles. The van der Waals surface area contributed by atoms with E-state index in [1.807, 2.05) is 30.3 Å². The van der Waals surface area contributed by atoms with Gasteiger partial charge in [-0.15, -0.1) is 11.8 Å². The number of carbonyl (C=O) groups is 2. The number of likely N-dealkylation sites (tertiary alicyclic amines) is 1. The van der Waals surface area contributed by atoms with E-state index in [2.05, 4.69) is 40.6 Å². The molecule has 8 nitrogen and oxygen atoms in total. The van der Waals surface area contributed by atoms with Crippen LogP contribution in [0, 0.1) is 0 Å². The Morgan fingerprint density at radius 2 is 1.86 bits per heavy atom. The third-order valence-electron chi connectivity index (χ3n) is 6.23. The Morgan fingerprint density at radius 3 is 2.61 bits per heavy atom. The second-order valence-corrected chi connectivity index (χ2v) is 12.0. The van der Waals surface area contributed by atoms with Gasteiger partial charge in [-0.1, -0.05) is 48.5 Å². The Hall–Kier alpha value is -2.71. The van der Waals surface area contributed by atoms with Crippen LogP contribution in [0.5, 0.6) is 0 Å². The Kier molecular flexibility index (Phi) is 8.80. The van der Waals surface area contributed by atoms with Crippen LogP contribution < -0.4 is 5.32 Å². The molecule has 3 N–H and O–H groups in total. The number of hydrogen-bond acceptors (Lipinski definition) is 5.